The maximum absolute atomic E-state index is 12.3. The van der Waals surface area contributed by atoms with Crippen molar-refractivity contribution in [3.05, 3.63) is 29.8 Å². The minimum Gasteiger partial charge on any atom is -0.274 e. The Morgan fingerprint density at radius 3 is 2.39 bits per heavy atom. The lowest BCUT2D eigenvalue weighted by atomic mass is 10.1. The number of carbonyl (C=O) groups excluding carboxylic acids is 1. The fraction of sp³-hybridized carbons (Fsp3) is 0.462. The maximum atomic E-state index is 12.3. The summed E-state index contributed by atoms with van der Waals surface area (Å²) in [5.74, 6) is -0.139. The Morgan fingerprint density at radius 2 is 1.89 bits per heavy atom. The first-order valence-electron chi connectivity index (χ1n) is 6.07. The normalized spacial score (nSPS) is 20.4. The van der Waals surface area contributed by atoms with Crippen molar-refractivity contribution >= 4 is 15.9 Å². The lowest BCUT2D eigenvalue weighted by Gasteiger charge is -2.16. The summed E-state index contributed by atoms with van der Waals surface area (Å²) in [5, 5.41) is 0. The number of carbonyl (C=O) groups is 1. The van der Waals surface area contributed by atoms with Gasteiger partial charge in [-0.25, -0.2) is 12.7 Å². The second-order valence-corrected chi connectivity index (χ2v) is 6.58. The van der Waals surface area contributed by atoms with E-state index < -0.39 is 10.0 Å². The molecular weight excluding hydrogens is 250 g/mol. The first-order chi connectivity index (χ1) is 8.45. The molecule has 0 aliphatic carbocycles. The predicted molar refractivity (Wildman–Crippen MR) is 68.5 cm³/mol. The van der Waals surface area contributed by atoms with Crippen LogP contribution in [0.25, 0.3) is 0 Å². The van der Waals surface area contributed by atoms with Crippen LogP contribution >= 0.6 is 0 Å². The summed E-state index contributed by atoms with van der Waals surface area (Å²) in [6, 6.07) is 6.59. The maximum Gasteiger partial charge on any atom is 0.266 e. The molecule has 0 N–H and O–H groups in total. The van der Waals surface area contributed by atoms with Crippen LogP contribution in [0.5, 0.6) is 0 Å². The minimum atomic E-state index is -3.66. The molecule has 0 bridgehead atoms. The SMILES string of the molecule is CCC1CC(=O)N(S(=O)(=O)c2ccc(C)cc2)C1. The smallest absolute Gasteiger partial charge is 0.266 e. The Kier molecular flexibility index (Phi) is 3.43. The Labute approximate surface area is 108 Å². The highest BCUT2D eigenvalue weighted by Crippen LogP contribution is 2.27. The van der Waals surface area contributed by atoms with Crippen molar-refractivity contribution in [2.24, 2.45) is 5.92 Å². The quantitative estimate of drug-likeness (QED) is 0.841. The zero-order chi connectivity index (χ0) is 13.3. The molecule has 1 aliphatic rings. The molecule has 5 heteroatoms. The molecular formula is C13H17NO3S. The molecule has 1 amide bonds. The van der Waals surface area contributed by atoms with Crippen LogP contribution in [0.4, 0.5) is 0 Å². The predicted octanol–water partition coefficient (Wildman–Crippen LogP) is 1.94. The lowest BCUT2D eigenvalue weighted by molar-refractivity contribution is -0.123. The molecule has 98 valence electrons. The standard InChI is InChI=1S/C13H17NO3S/c1-3-11-8-13(15)14(9-11)18(16,17)12-6-4-10(2)5-7-12/h4-7,11H,3,8-9H2,1-2H3. The third-order valence-corrected chi connectivity index (χ3v) is 5.15. The second-order valence-electron chi connectivity index (χ2n) is 4.72. The summed E-state index contributed by atoms with van der Waals surface area (Å²) in [7, 11) is -3.66. The van der Waals surface area contributed by atoms with Crippen molar-refractivity contribution in [3.8, 4) is 0 Å². The Bertz CT molecular complexity index is 548. The van der Waals surface area contributed by atoms with E-state index in [9.17, 15) is 13.2 Å². The van der Waals surface area contributed by atoms with Gasteiger partial charge in [0.25, 0.3) is 10.0 Å². The van der Waals surface area contributed by atoms with Crippen LogP contribution in [-0.2, 0) is 14.8 Å². The first-order valence-corrected chi connectivity index (χ1v) is 7.51. The van der Waals surface area contributed by atoms with Crippen molar-refractivity contribution in [2.75, 3.05) is 6.54 Å². The molecule has 0 aromatic heterocycles. The molecule has 1 unspecified atom stereocenters. The van der Waals surface area contributed by atoms with Crippen LogP contribution in [0.3, 0.4) is 0 Å². The fourth-order valence-corrected chi connectivity index (χ4v) is 3.58. The van der Waals surface area contributed by atoms with E-state index in [0.717, 1.165) is 16.3 Å². The number of hydrogen-bond acceptors (Lipinski definition) is 3. The van der Waals surface area contributed by atoms with Gasteiger partial charge in [-0.05, 0) is 25.0 Å². The lowest BCUT2D eigenvalue weighted by Crippen LogP contribution is -2.32. The van der Waals surface area contributed by atoms with E-state index in [-0.39, 0.29) is 16.7 Å². The third-order valence-electron chi connectivity index (χ3n) is 3.35. The average Bonchev–Trinajstić information content (AvgIpc) is 2.72. The van der Waals surface area contributed by atoms with E-state index in [1.54, 1.807) is 24.3 Å². The molecule has 4 nitrogen and oxygen atoms in total. The van der Waals surface area contributed by atoms with Gasteiger partial charge in [0.15, 0.2) is 0 Å². The average molecular weight is 267 g/mol. The van der Waals surface area contributed by atoms with Crippen LogP contribution in [0.15, 0.2) is 29.2 Å². The van der Waals surface area contributed by atoms with Gasteiger partial charge in [0.1, 0.15) is 0 Å². The first kappa shape index (κ1) is 13.1. The van der Waals surface area contributed by atoms with Crippen molar-refractivity contribution in [3.63, 3.8) is 0 Å². The number of sulfonamides is 1. The summed E-state index contributed by atoms with van der Waals surface area (Å²) in [5.41, 5.74) is 0.994. The number of hydrogen-bond donors (Lipinski definition) is 0. The van der Waals surface area contributed by atoms with Gasteiger partial charge in [0.2, 0.25) is 5.91 Å². The van der Waals surface area contributed by atoms with Crippen molar-refractivity contribution in [1.82, 2.24) is 4.31 Å². The zero-order valence-corrected chi connectivity index (χ0v) is 11.4. The van der Waals surface area contributed by atoms with Crippen LogP contribution in [0.1, 0.15) is 25.3 Å². The van der Waals surface area contributed by atoms with Gasteiger partial charge in [-0.2, -0.15) is 0 Å². The van der Waals surface area contributed by atoms with E-state index in [0.29, 0.717) is 13.0 Å². The second kappa shape index (κ2) is 4.72. The molecule has 1 atom stereocenters. The Morgan fingerprint density at radius 1 is 1.28 bits per heavy atom. The largest absolute Gasteiger partial charge is 0.274 e. The molecule has 1 aliphatic heterocycles. The molecule has 1 saturated heterocycles. The Balaban J connectivity index is 2.32. The van der Waals surface area contributed by atoms with E-state index in [4.69, 9.17) is 0 Å². The van der Waals surface area contributed by atoms with Gasteiger partial charge in [-0.3, -0.25) is 4.79 Å². The molecule has 0 spiro atoms. The van der Waals surface area contributed by atoms with Gasteiger partial charge in [-0.1, -0.05) is 31.0 Å². The zero-order valence-electron chi connectivity index (χ0n) is 10.6. The van der Waals surface area contributed by atoms with Crippen molar-refractivity contribution in [1.29, 1.82) is 0 Å². The number of rotatable bonds is 3. The van der Waals surface area contributed by atoms with Gasteiger partial charge in [0, 0.05) is 13.0 Å². The summed E-state index contributed by atoms with van der Waals surface area (Å²) >= 11 is 0. The molecule has 18 heavy (non-hydrogen) atoms. The number of aryl methyl sites for hydroxylation is 1. The minimum absolute atomic E-state index is 0.151. The van der Waals surface area contributed by atoms with Gasteiger partial charge in [-0.15, -0.1) is 0 Å². The summed E-state index contributed by atoms with van der Waals surface area (Å²) in [6.45, 7) is 4.18. The van der Waals surface area contributed by atoms with Gasteiger partial charge < -0.3 is 0 Å². The van der Waals surface area contributed by atoms with Crippen LogP contribution in [0.2, 0.25) is 0 Å². The van der Waals surface area contributed by atoms with Gasteiger partial charge >= 0.3 is 0 Å². The molecule has 1 aromatic rings. The third kappa shape index (κ3) is 2.27. The fourth-order valence-electron chi connectivity index (χ4n) is 2.09. The van der Waals surface area contributed by atoms with Crippen LogP contribution in [0, 0.1) is 12.8 Å². The van der Waals surface area contributed by atoms with Crippen molar-refractivity contribution < 1.29 is 13.2 Å². The highest BCUT2D eigenvalue weighted by molar-refractivity contribution is 7.89. The van der Waals surface area contributed by atoms with Crippen LogP contribution in [-0.4, -0.2) is 25.2 Å². The molecule has 2 rings (SSSR count). The van der Waals surface area contributed by atoms with Crippen LogP contribution < -0.4 is 0 Å². The van der Waals surface area contributed by atoms with E-state index >= 15 is 0 Å². The van der Waals surface area contributed by atoms with E-state index in [1.807, 2.05) is 13.8 Å². The monoisotopic (exact) mass is 267 g/mol. The number of benzene rings is 1. The molecule has 0 radical (unpaired) electrons. The number of nitrogens with zero attached hydrogens (tertiary/aromatic N) is 1. The van der Waals surface area contributed by atoms with E-state index in [2.05, 4.69) is 0 Å². The summed E-state index contributed by atoms with van der Waals surface area (Å²) in [4.78, 5) is 12.0. The molecule has 1 heterocycles. The highest BCUT2D eigenvalue weighted by Gasteiger charge is 2.37. The van der Waals surface area contributed by atoms with Gasteiger partial charge in [0.05, 0.1) is 4.90 Å². The number of amides is 1. The summed E-state index contributed by atoms with van der Waals surface area (Å²) < 4.78 is 25.7. The van der Waals surface area contributed by atoms with Crippen molar-refractivity contribution in [2.45, 2.75) is 31.6 Å². The highest BCUT2D eigenvalue weighted by atomic mass is 32.2. The summed E-state index contributed by atoms with van der Waals surface area (Å²) in [6.07, 6.45) is 1.16. The Hall–Kier alpha value is -1.36. The topological polar surface area (TPSA) is 54.5 Å². The molecule has 0 saturated carbocycles. The van der Waals surface area contributed by atoms with E-state index in [1.165, 1.54) is 0 Å². The molecule has 1 fully saturated rings. The molecule has 1 aromatic carbocycles.